The Bertz CT molecular complexity index is 1000. The maximum absolute atomic E-state index is 12.8. The molecule has 1 saturated carbocycles. The molecule has 1 aliphatic rings. The van der Waals surface area contributed by atoms with Gasteiger partial charge in [-0.05, 0) is 25.0 Å². The Balaban J connectivity index is 1.82. The largest absolute Gasteiger partial charge is 0.438 e. The number of amides is 1. The van der Waals surface area contributed by atoms with Crippen LogP contribution in [0.5, 0.6) is 11.6 Å². The van der Waals surface area contributed by atoms with Crippen molar-refractivity contribution in [3.05, 3.63) is 59.4 Å². The highest BCUT2D eigenvalue weighted by Gasteiger charge is 2.21. The van der Waals surface area contributed by atoms with Gasteiger partial charge in [0.15, 0.2) is 9.84 Å². The van der Waals surface area contributed by atoms with Crippen molar-refractivity contribution in [1.29, 1.82) is 0 Å². The van der Waals surface area contributed by atoms with Crippen LogP contribution in [0.2, 0.25) is 0 Å². The van der Waals surface area contributed by atoms with Gasteiger partial charge in [-0.15, -0.1) is 0 Å². The number of ether oxygens (including phenoxy) is 1. The van der Waals surface area contributed by atoms with Crippen LogP contribution in [-0.2, 0) is 16.3 Å². The molecule has 0 saturated heterocycles. The Hall–Kier alpha value is -2.74. The van der Waals surface area contributed by atoms with Crippen molar-refractivity contribution >= 4 is 15.7 Å². The normalized spacial score (nSPS) is 15.9. The number of hydrogen-bond donors (Lipinski definition) is 1. The van der Waals surface area contributed by atoms with Gasteiger partial charge >= 0.3 is 0 Å². The standard InChI is InChI=1S/C22H27N3O4S/c1-16(12-13-30(2,27)28)24-21(26)19-15-23-20(14-17-8-6-7-9-17)25-22(19)29-18-10-4-3-5-11-18/h3-5,10-13,15-17H,6-9,14H2,1-2H3,(H,24,26). The number of carbonyl (C=O) groups is 1. The van der Waals surface area contributed by atoms with Gasteiger partial charge in [0.05, 0.1) is 0 Å². The molecule has 1 N–H and O–H groups in total. The number of benzene rings is 1. The van der Waals surface area contributed by atoms with Gasteiger partial charge in [0.1, 0.15) is 17.1 Å². The number of rotatable bonds is 8. The predicted molar refractivity (Wildman–Crippen MR) is 115 cm³/mol. The molecule has 160 valence electrons. The van der Waals surface area contributed by atoms with Crippen molar-refractivity contribution in [3.63, 3.8) is 0 Å². The summed E-state index contributed by atoms with van der Waals surface area (Å²) in [6.45, 7) is 1.69. The Morgan fingerprint density at radius 3 is 2.63 bits per heavy atom. The smallest absolute Gasteiger partial charge is 0.258 e. The third-order valence-corrected chi connectivity index (χ3v) is 5.58. The SMILES string of the molecule is CC(C=CS(C)(=O)=O)NC(=O)c1cnc(CC2CCCC2)nc1Oc1ccccc1. The summed E-state index contributed by atoms with van der Waals surface area (Å²) in [5, 5.41) is 3.81. The number of nitrogens with zero attached hydrogens (tertiary/aromatic N) is 2. The maximum atomic E-state index is 12.8. The van der Waals surface area contributed by atoms with E-state index in [-0.39, 0.29) is 11.4 Å². The van der Waals surface area contributed by atoms with Crippen molar-refractivity contribution in [2.45, 2.75) is 45.1 Å². The number of aromatic nitrogens is 2. The fourth-order valence-electron chi connectivity index (χ4n) is 3.40. The van der Waals surface area contributed by atoms with Crippen molar-refractivity contribution in [2.75, 3.05) is 6.26 Å². The van der Waals surface area contributed by atoms with Crippen molar-refractivity contribution in [3.8, 4) is 11.6 Å². The molecule has 1 aromatic carbocycles. The maximum Gasteiger partial charge on any atom is 0.258 e. The molecular weight excluding hydrogens is 402 g/mol. The molecule has 1 atom stereocenters. The molecule has 0 spiro atoms. The molecule has 3 rings (SSSR count). The second kappa shape index (κ2) is 9.84. The second-order valence-corrected chi connectivity index (χ2v) is 9.63. The van der Waals surface area contributed by atoms with Crippen LogP contribution in [-0.4, -0.2) is 36.6 Å². The molecule has 2 aromatic rings. The second-order valence-electron chi connectivity index (χ2n) is 7.69. The fourth-order valence-corrected chi connectivity index (χ4v) is 3.92. The summed E-state index contributed by atoms with van der Waals surface area (Å²) in [6, 6.07) is 8.65. The Labute approximate surface area is 177 Å². The molecule has 0 radical (unpaired) electrons. The van der Waals surface area contributed by atoms with Crippen LogP contribution in [0.1, 0.15) is 48.8 Å². The highest BCUT2D eigenvalue weighted by molar-refractivity contribution is 7.93. The van der Waals surface area contributed by atoms with Gasteiger partial charge in [0.2, 0.25) is 5.88 Å². The number of nitrogens with one attached hydrogen (secondary N) is 1. The Morgan fingerprint density at radius 2 is 1.97 bits per heavy atom. The van der Waals surface area contributed by atoms with Gasteiger partial charge in [-0.3, -0.25) is 4.79 Å². The van der Waals surface area contributed by atoms with E-state index < -0.39 is 21.8 Å². The van der Waals surface area contributed by atoms with Gasteiger partial charge in [-0.25, -0.2) is 13.4 Å². The lowest BCUT2D eigenvalue weighted by Crippen LogP contribution is -2.31. The Morgan fingerprint density at radius 1 is 1.27 bits per heavy atom. The number of hydrogen-bond acceptors (Lipinski definition) is 6. The summed E-state index contributed by atoms with van der Waals surface area (Å²) in [5.74, 6) is 1.56. The fraction of sp³-hybridized carbons (Fsp3) is 0.409. The zero-order valence-corrected chi connectivity index (χ0v) is 18.1. The van der Waals surface area contributed by atoms with Crippen molar-refractivity contribution in [1.82, 2.24) is 15.3 Å². The van der Waals surface area contributed by atoms with Crippen molar-refractivity contribution < 1.29 is 17.9 Å². The summed E-state index contributed by atoms with van der Waals surface area (Å²) in [6.07, 6.45) is 9.57. The van der Waals surface area contributed by atoms with Crippen molar-refractivity contribution in [2.24, 2.45) is 5.92 Å². The molecule has 0 bridgehead atoms. The number of para-hydroxylation sites is 1. The molecule has 1 aromatic heterocycles. The lowest BCUT2D eigenvalue weighted by molar-refractivity contribution is 0.0943. The van der Waals surface area contributed by atoms with E-state index in [1.54, 1.807) is 19.1 Å². The first-order chi connectivity index (χ1) is 14.3. The minimum atomic E-state index is -3.27. The molecule has 1 fully saturated rings. The number of sulfone groups is 1. The minimum Gasteiger partial charge on any atom is -0.438 e. The van der Waals surface area contributed by atoms with Crippen LogP contribution in [0.25, 0.3) is 0 Å². The molecule has 30 heavy (non-hydrogen) atoms. The molecule has 0 aliphatic heterocycles. The quantitative estimate of drug-likeness (QED) is 0.687. The molecule has 1 heterocycles. The predicted octanol–water partition coefficient (Wildman–Crippen LogP) is 3.68. The lowest BCUT2D eigenvalue weighted by atomic mass is 10.0. The van der Waals surface area contributed by atoms with Gasteiger partial charge < -0.3 is 10.1 Å². The van der Waals surface area contributed by atoms with Crippen LogP contribution in [0.4, 0.5) is 0 Å². The van der Waals surface area contributed by atoms with Gasteiger partial charge in [0.25, 0.3) is 5.91 Å². The molecule has 8 heteroatoms. The summed E-state index contributed by atoms with van der Waals surface area (Å²) in [7, 11) is -3.27. The molecular formula is C22H27N3O4S. The highest BCUT2D eigenvalue weighted by Crippen LogP contribution is 2.29. The van der Waals surface area contributed by atoms with E-state index in [0.717, 1.165) is 18.1 Å². The first-order valence-electron chi connectivity index (χ1n) is 10.1. The summed E-state index contributed by atoms with van der Waals surface area (Å²) >= 11 is 0. The van der Waals surface area contributed by atoms with Gasteiger partial charge in [-0.2, -0.15) is 4.98 Å². The van der Waals surface area contributed by atoms with Crippen LogP contribution >= 0.6 is 0 Å². The zero-order valence-electron chi connectivity index (χ0n) is 17.2. The van der Waals surface area contributed by atoms with Crippen LogP contribution < -0.4 is 10.1 Å². The third-order valence-electron chi connectivity index (χ3n) is 4.93. The van der Waals surface area contributed by atoms with Gasteiger partial charge in [0, 0.05) is 30.3 Å². The monoisotopic (exact) mass is 429 g/mol. The minimum absolute atomic E-state index is 0.195. The first kappa shape index (κ1) is 22.0. The van der Waals surface area contributed by atoms with Crippen LogP contribution in [0.3, 0.4) is 0 Å². The van der Waals surface area contributed by atoms with E-state index in [2.05, 4.69) is 15.3 Å². The third kappa shape index (κ3) is 6.66. The molecule has 1 amide bonds. The first-order valence-corrected chi connectivity index (χ1v) is 12.0. The topological polar surface area (TPSA) is 98.2 Å². The lowest BCUT2D eigenvalue weighted by Gasteiger charge is -2.14. The van der Waals surface area contributed by atoms with E-state index in [9.17, 15) is 13.2 Å². The van der Waals surface area contributed by atoms with E-state index in [0.29, 0.717) is 17.5 Å². The van der Waals surface area contributed by atoms with Crippen LogP contribution in [0.15, 0.2) is 48.0 Å². The summed E-state index contributed by atoms with van der Waals surface area (Å²) < 4.78 is 28.5. The van der Waals surface area contributed by atoms with E-state index in [1.807, 2.05) is 18.2 Å². The highest BCUT2D eigenvalue weighted by atomic mass is 32.2. The zero-order chi connectivity index (χ0) is 21.6. The molecule has 1 unspecified atom stereocenters. The van der Waals surface area contributed by atoms with Gasteiger partial charge in [-0.1, -0.05) is 50.0 Å². The summed E-state index contributed by atoms with van der Waals surface area (Å²) in [5.41, 5.74) is 0.202. The van der Waals surface area contributed by atoms with E-state index in [4.69, 9.17) is 4.74 Å². The number of carbonyl (C=O) groups excluding carboxylic acids is 1. The Kier molecular flexibility index (Phi) is 7.20. The molecule has 7 nitrogen and oxygen atoms in total. The average molecular weight is 430 g/mol. The van der Waals surface area contributed by atoms with Crippen LogP contribution in [0, 0.1) is 5.92 Å². The van der Waals surface area contributed by atoms with E-state index >= 15 is 0 Å². The molecule has 1 aliphatic carbocycles. The summed E-state index contributed by atoms with van der Waals surface area (Å²) in [4.78, 5) is 21.7. The average Bonchev–Trinajstić information content (AvgIpc) is 3.20. The van der Waals surface area contributed by atoms with E-state index in [1.165, 1.54) is 38.0 Å².